The van der Waals surface area contributed by atoms with Crippen molar-refractivity contribution >= 4 is 28.1 Å². The van der Waals surface area contributed by atoms with Crippen LogP contribution in [0.1, 0.15) is 23.4 Å². The summed E-state index contributed by atoms with van der Waals surface area (Å²) in [6, 6.07) is 8.13. The average Bonchev–Trinajstić information content (AvgIpc) is 2.89. The Labute approximate surface area is 134 Å². The number of aromatic nitrogens is 1. The Morgan fingerprint density at radius 3 is 2.57 bits per heavy atom. The second kappa shape index (κ2) is 7.11. The molecule has 0 aliphatic carbocycles. The van der Waals surface area contributed by atoms with E-state index in [-0.39, 0.29) is 6.04 Å². The molecule has 1 atom stereocenters. The number of halogens is 1. The highest BCUT2D eigenvalue weighted by Gasteiger charge is 2.14. The molecule has 114 valence electrons. The van der Waals surface area contributed by atoms with E-state index in [1.807, 2.05) is 43.3 Å². The van der Waals surface area contributed by atoms with Gasteiger partial charge in [-0.3, -0.25) is 0 Å². The van der Waals surface area contributed by atoms with E-state index in [4.69, 9.17) is 16.3 Å². The van der Waals surface area contributed by atoms with Crippen LogP contribution in [-0.4, -0.2) is 26.2 Å². The van der Waals surface area contributed by atoms with Gasteiger partial charge in [-0.2, -0.15) is 4.98 Å². The monoisotopic (exact) mass is 325 g/mol. The number of rotatable bonds is 6. The van der Waals surface area contributed by atoms with E-state index in [9.17, 15) is 0 Å². The van der Waals surface area contributed by atoms with Gasteiger partial charge in [-0.25, -0.2) is 0 Å². The summed E-state index contributed by atoms with van der Waals surface area (Å²) in [5, 5.41) is 5.19. The van der Waals surface area contributed by atoms with Crippen LogP contribution in [0.3, 0.4) is 0 Å². The summed E-state index contributed by atoms with van der Waals surface area (Å²) in [5.41, 5.74) is 1.20. The van der Waals surface area contributed by atoms with Crippen molar-refractivity contribution < 1.29 is 4.74 Å². The number of anilines is 1. The van der Waals surface area contributed by atoms with Gasteiger partial charge in [-0.05, 0) is 24.6 Å². The van der Waals surface area contributed by atoms with Gasteiger partial charge in [-0.1, -0.05) is 35.1 Å². The van der Waals surface area contributed by atoms with Crippen LogP contribution in [0.4, 0.5) is 5.13 Å². The molecule has 1 aromatic heterocycles. The quantitative estimate of drug-likeness (QED) is 0.878. The van der Waals surface area contributed by atoms with Crippen molar-refractivity contribution in [3.05, 3.63) is 39.7 Å². The molecule has 0 fully saturated rings. The maximum atomic E-state index is 5.91. The minimum absolute atomic E-state index is 0.233. The molecule has 6 heteroatoms. The fraction of sp³-hybridized carbons (Fsp3) is 0.400. The SMILES string of the molecule is COc1nc(N(C)C)sc1CNC(C)c1ccc(Cl)cc1. The van der Waals surface area contributed by atoms with Crippen LogP contribution in [0.25, 0.3) is 0 Å². The lowest BCUT2D eigenvalue weighted by molar-refractivity contribution is 0.393. The second-order valence-corrected chi connectivity index (χ2v) is 6.48. The van der Waals surface area contributed by atoms with E-state index in [0.717, 1.165) is 21.6 Å². The molecule has 0 bridgehead atoms. The van der Waals surface area contributed by atoms with Gasteiger partial charge in [0.25, 0.3) is 0 Å². The molecule has 0 aliphatic rings. The zero-order valence-corrected chi connectivity index (χ0v) is 14.3. The fourth-order valence-corrected chi connectivity index (χ4v) is 2.93. The summed E-state index contributed by atoms with van der Waals surface area (Å²) in [6.07, 6.45) is 0. The second-order valence-electron chi connectivity index (χ2n) is 4.98. The van der Waals surface area contributed by atoms with Gasteiger partial charge >= 0.3 is 0 Å². The molecule has 21 heavy (non-hydrogen) atoms. The molecule has 0 radical (unpaired) electrons. The highest BCUT2D eigenvalue weighted by Crippen LogP contribution is 2.30. The molecule has 1 aromatic carbocycles. The molecular weight excluding hydrogens is 306 g/mol. The lowest BCUT2D eigenvalue weighted by atomic mass is 10.1. The van der Waals surface area contributed by atoms with Crippen LogP contribution in [0.5, 0.6) is 5.88 Å². The van der Waals surface area contributed by atoms with Crippen LogP contribution in [0.15, 0.2) is 24.3 Å². The van der Waals surface area contributed by atoms with Crippen molar-refractivity contribution in [3.63, 3.8) is 0 Å². The third-order valence-electron chi connectivity index (χ3n) is 3.16. The first-order valence-electron chi connectivity index (χ1n) is 6.71. The Kier molecular flexibility index (Phi) is 5.45. The zero-order valence-electron chi connectivity index (χ0n) is 12.7. The summed E-state index contributed by atoms with van der Waals surface area (Å²) in [4.78, 5) is 7.54. The molecule has 1 N–H and O–H groups in total. The highest BCUT2D eigenvalue weighted by atomic mass is 35.5. The number of thiazole rings is 1. The Balaban J connectivity index is 2.03. The molecule has 0 amide bonds. The number of nitrogens with zero attached hydrogens (tertiary/aromatic N) is 2. The smallest absolute Gasteiger partial charge is 0.230 e. The zero-order chi connectivity index (χ0) is 15.4. The van der Waals surface area contributed by atoms with E-state index < -0.39 is 0 Å². The van der Waals surface area contributed by atoms with Crippen molar-refractivity contribution in [3.8, 4) is 5.88 Å². The molecular formula is C15H20ClN3OS. The van der Waals surface area contributed by atoms with E-state index in [1.165, 1.54) is 5.56 Å². The van der Waals surface area contributed by atoms with E-state index >= 15 is 0 Å². The number of hydrogen-bond donors (Lipinski definition) is 1. The Morgan fingerprint density at radius 2 is 2.00 bits per heavy atom. The molecule has 1 unspecified atom stereocenters. The largest absolute Gasteiger partial charge is 0.480 e. The molecule has 2 aromatic rings. The maximum absolute atomic E-state index is 5.91. The van der Waals surface area contributed by atoms with Gasteiger partial charge in [0.1, 0.15) is 0 Å². The molecule has 0 saturated heterocycles. The average molecular weight is 326 g/mol. The third-order valence-corrected chi connectivity index (χ3v) is 4.62. The van der Waals surface area contributed by atoms with Crippen molar-refractivity contribution in [1.82, 2.24) is 10.3 Å². The molecule has 2 rings (SSSR count). The summed E-state index contributed by atoms with van der Waals surface area (Å²) in [6.45, 7) is 2.85. The molecule has 0 aliphatic heterocycles. The van der Waals surface area contributed by atoms with Crippen LogP contribution < -0.4 is 15.0 Å². The highest BCUT2D eigenvalue weighted by molar-refractivity contribution is 7.15. The maximum Gasteiger partial charge on any atom is 0.230 e. The first-order chi connectivity index (χ1) is 10.0. The Bertz CT molecular complexity index is 583. The Morgan fingerprint density at radius 1 is 1.33 bits per heavy atom. The number of ether oxygens (including phenoxy) is 1. The number of hydrogen-bond acceptors (Lipinski definition) is 5. The van der Waals surface area contributed by atoms with Gasteiger partial charge in [0.2, 0.25) is 5.88 Å². The van der Waals surface area contributed by atoms with Crippen LogP contribution in [-0.2, 0) is 6.54 Å². The van der Waals surface area contributed by atoms with Crippen LogP contribution in [0.2, 0.25) is 5.02 Å². The Hall–Kier alpha value is -1.30. The van der Waals surface area contributed by atoms with Gasteiger partial charge in [0.15, 0.2) is 5.13 Å². The summed E-state index contributed by atoms with van der Waals surface area (Å²) in [5.74, 6) is 0.694. The normalized spacial score (nSPS) is 12.2. The summed E-state index contributed by atoms with van der Waals surface area (Å²) < 4.78 is 5.35. The van der Waals surface area contributed by atoms with Crippen molar-refractivity contribution in [2.45, 2.75) is 19.5 Å². The number of methoxy groups -OCH3 is 1. The molecule has 0 spiro atoms. The van der Waals surface area contributed by atoms with Crippen molar-refractivity contribution in [2.24, 2.45) is 0 Å². The van der Waals surface area contributed by atoms with Crippen molar-refractivity contribution in [2.75, 3.05) is 26.1 Å². The minimum Gasteiger partial charge on any atom is -0.480 e. The summed E-state index contributed by atoms with van der Waals surface area (Å²) in [7, 11) is 5.61. The van der Waals surface area contributed by atoms with Crippen LogP contribution in [0, 0.1) is 0 Å². The first-order valence-corrected chi connectivity index (χ1v) is 7.90. The lowest BCUT2D eigenvalue weighted by Gasteiger charge is -2.14. The van der Waals surface area contributed by atoms with E-state index in [2.05, 4.69) is 17.2 Å². The summed E-state index contributed by atoms with van der Waals surface area (Å²) >= 11 is 7.55. The fourth-order valence-electron chi connectivity index (χ4n) is 1.90. The van der Waals surface area contributed by atoms with E-state index in [0.29, 0.717) is 5.88 Å². The lowest BCUT2D eigenvalue weighted by Crippen LogP contribution is -2.17. The van der Waals surface area contributed by atoms with Gasteiger partial charge < -0.3 is 15.0 Å². The van der Waals surface area contributed by atoms with Gasteiger partial charge in [0.05, 0.1) is 12.0 Å². The standard InChI is InChI=1S/C15H20ClN3OS/c1-10(11-5-7-12(16)8-6-11)17-9-13-14(20-4)18-15(21-13)19(2)3/h5-8,10,17H,9H2,1-4H3. The predicted molar refractivity (Wildman–Crippen MR) is 89.7 cm³/mol. The minimum atomic E-state index is 0.233. The number of nitrogens with one attached hydrogen (secondary N) is 1. The van der Waals surface area contributed by atoms with Gasteiger partial charge in [-0.15, -0.1) is 0 Å². The topological polar surface area (TPSA) is 37.4 Å². The van der Waals surface area contributed by atoms with E-state index in [1.54, 1.807) is 18.4 Å². The van der Waals surface area contributed by atoms with Crippen LogP contribution >= 0.6 is 22.9 Å². The van der Waals surface area contributed by atoms with Crippen molar-refractivity contribution in [1.29, 1.82) is 0 Å². The van der Waals surface area contributed by atoms with Gasteiger partial charge in [0, 0.05) is 31.7 Å². The third kappa shape index (κ3) is 4.09. The first kappa shape index (κ1) is 16.1. The number of benzene rings is 1. The molecule has 4 nitrogen and oxygen atoms in total. The molecule has 0 saturated carbocycles. The predicted octanol–water partition coefficient (Wildman–Crippen LogP) is 3.72. The molecule has 1 heterocycles.